The molecule has 2 aromatic carbocycles. The Balaban J connectivity index is 2.23. The molecule has 0 aliphatic carbocycles. The molecule has 0 saturated heterocycles. The topological polar surface area (TPSA) is 151 Å². The number of carbonyl (C=O) groups excluding carboxylic acids is 3. The molecule has 0 heterocycles. The van der Waals surface area contributed by atoms with Crippen LogP contribution in [-0.2, 0) is 32.0 Å². The van der Waals surface area contributed by atoms with Gasteiger partial charge in [0, 0.05) is 18.6 Å². The average Bonchev–Trinajstić information content (AvgIpc) is 2.86. The normalized spacial score (nSPS) is 14.2. The van der Waals surface area contributed by atoms with E-state index in [9.17, 15) is 24.3 Å². The molecule has 2 aromatic rings. The van der Waals surface area contributed by atoms with Crippen molar-refractivity contribution in [3.63, 3.8) is 0 Å². The molecule has 6 N–H and O–H groups in total. The molecule has 0 spiro atoms. The number of amides is 3. The Bertz CT molecular complexity index is 1020. The first-order chi connectivity index (χ1) is 17.1. The van der Waals surface area contributed by atoms with Crippen molar-refractivity contribution in [2.75, 3.05) is 5.75 Å². The fourth-order valence-corrected chi connectivity index (χ4v) is 3.69. The van der Waals surface area contributed by atoms with E-state index < -0.39 is 47.9 Å². The monoisotopic (exact) mass is 514 g/mol. The van der Waals surface area contributed by atoms with Crippen molar-refractivity contribution < 1.29 is 24.3 Å². The average molecular weight is 515 g/mol. The molecule has 36 heavy (non-hydrogen) atoms. The lowest BCUT2D eigenvalue weighted by molar-refractivity contribution is -0.142. The van der Waals surface area contributed by atoms with Gasteiger partial charge in [-0.15, -0.1) is 0 Å². The molecule has 0 aromatic heterocycles. The summed E-state index contributed by atoms with van der Waals surface area (Å²) >= 11 is 4.02. The zero-order valence-corrected chi connectivity index (χ0v) is 21.3. The maximum atomic E-state index is 13.3. The van der Waals surface area contributed by atoms with Crippen LogP contribution >= 0.6 is 12.6 Å². The van der Waals surface area contributed by atoms with Crippen molar-refractivity contribution in [1.82, 2.24) is 16.0 Å². The van der Waals surface area contributed by atoms with Crippen LogP contribution in [0.15, 0.2) is 60.7 Å². The number of carbonyl (C=O) groups is 4. The summed E-state index contributed by atoms with van der Waals surface area (Å²) in [6.07, 6.45) is 0.214. The molecule has 194 valence electrons. The molecule has 0 saturated carbocycles. The smallest absolute Gasteiger partial charge is 0.326 e. The van der Waals surface area contributed by atoms with Gasteiger partial charge in [0.05, 0.1) is 6.04 Å². The number of rotatable bonds is 13. The molecule has 3 amide bonds. The van der Waals surface area contributed by atoms with Gasteiger partial charge in [-0.05, 0) is 17.0 Å². The van der Waals surface area contributed by atoms with Gasteiger partial charge in [0.15, 0.2) is 0 Å². The van der Waals surface area contributed by atoms with E-state index in [0.29, 0.717) is 0 Å². The highest BCUT2D eigenvalue weighted by molar-refractivity contribution is 7.80. The Hall–Kier alpha value is -3.37. The molecule has 0 radical (unpaired) electrons. The Morgan fingerprint density at radius 3 is 1.69 bits per heavy atom. The molecule has 0 unspecified atom stereocenters. The molecule has 2 rings (SSSR count). The summed E-state index contributed by atoms with van der Waals surface area (Å²) < 4.78 is 0. The quantitative estimate of drug-likeness (QED) is 0.219. The van der Waals surface area contributed by atoms with Crippen molar-refractivity contribution in [2.45, 2.75) is 50.9 Å². The fraction of sp³-hybridized carbons (Fsp3) is 0.385. The summed E-state index contributed by atoms with van der Waals surface area (Å²) in [4.78, 5) is 50.6. The minimum absolute atomic E-state index is 0.0835. The second kappa shape index (κ2) is 14.3. The number of hydrogen-bond acceptors (Lipinski definition) is 6. The first kappa shape index (κ1) is 28.9. The van der Waals surface area contributed by atoms with E-state index in [0.717, 1.165) is 11.1 Å². The van der Waals surface area contributed by atoms with Crippen LogP contribution in [0.2, 0.25) is 0 Å². The number of nitrogens with one attached hydrogen (secondary N) is 3. The number of benzene rings is 2. The first-order valence-corrected chi connectivity index (χ1v) is 12.3. The lowest BCUT2D eigenvalue weighted by Gasteiger charge is -2.27. The van der Waals surface area contributed by atoms with Crippen molar-refractivity contribution in [1.29, 1.82) is 0 Å². The second-order valence-corrected chi connectivity index (χ2v) is 9.22. The number of aliphatic carboxylic acids is 1. The molecule has 4 atom stereocenters. The van der Waals surface area contributed by atoms with Gasteiger partial charge in [-0.25, -0.2) is 4.79 Å². The Morgan fingerprint density at radius 1 is 0.778 bits per heavy atom. The van der Waals surface area contributed by atoms with Crippen LogP contribution in [0.3, 0.4) is 0 Å². The van der Waals surface area contributed by atoms with E-state index in [1.807, 2.05) is 12.1 Å². The Labute approximate surface area is 216 Å². The van der Waals surface area contributed by atoms with Gasteiger partial charge in [0.2, 0.25) is 17.7 Å². The van der Waals surface area contributed by atoms with E-state index in [2.05, 4.69) is 28.6 Å². The van der Waals surface area contributed by atoms with Gasteiger partial charge < -0.3 is 26.8 Å². The SMILES string of the molecule is CC(C)[C@H](NC(=O)[C@@H](N)CS)C(=O)N[C@@H](Cc1ccccc1)C(=O)N[C@@H](Cc1ccccc1)C(=O)O. The fourth-order valence-electron chi connectivity index (χ4n) is 3.52. The van der Waals surface area contributed by atoms with E-state index in [4.69, 9.17) is 5.73 Å². The highest BCUT2D eigenvalue weighted by Gasteiger charge is 2.31. The molecule has 0 bridgehead atoms. The van der Waals surface area contributed by atoms with Crippen LogP contribution in [0.25, 0.3) is 0 Å². The predicted octanol–water partition coefficient (Wildman–Crippen LogP) is 0.924. The predicted molar refractivity (Wildman–Crippen MR) is 140 cm³/mol. The van der Waals surface area contributed by atoms with Gasteiger partial charge in [-0.1, -0.05) is 74.5 Å². The highest BCUT2D eigenvalue weighted by atomic mass is 32.1. The van der Waals surface area contributed by atoms with E-state index in [1.54, 1.807) is 62.4 Å². The van der Waals surface area contributed by atoms with Crippen LogP contribution in [-0.4, -0.2) is 58.7 Å². The Morgan fingerprint density at radius 2 is 1.25 bits per heavy atom. The number of hydrogen-bond donors (Lipinski definition) is 6. The first-order valence-electron chi connectivity index (χ1n) is 11.7. The zero-order chi connectivity index (χ0) is 26.7. The molecule has 0 aliphatic rings. The van der Waals surface area contributed by atoms with E-state index in [1.165, 1.54) is 0 Å². The van der Waals surface area contributed by atoms with Gasteiger partial charge in [-0.2, -0.15) is 12.6 Å². The Kier molecular flexibility index (Phi) is 11.4. The standard InChI is InChI=1S/C26H34N4O5S/c1-16(2)22(30-23(31)19(27)15-36)25(33)28-20(13-17-9-5-3-6-10-17)24(32)29-21(26(34)35)14-18-11-7-4-8-12-18/h3-12,16,19-22,36H,13-15,27H2,1-2H3,(H,28,33)(H,29,32)(H,30,31)(H,34,35)/t19-,20-,21-,22-/m0/s1. The third kappa shape index (κ3) is 9.01. The molecule has 0 fully saturated rings. The zero-order valence-electron chi connectivity index (χ0n) is 20.4. The maximum Gasteiger partial charge on any atom is 0.326 e. The lowest BCUT2D eigenvalue weighted by atomic mass is 10.00. The highest BCUT2D eigenvalue weighted by Crippen LogP contribution is 2.09. The van der Waals surface area contributed by atoms with Crippen molar-refractivity contribution in [2.24, 2.45) is 11.7 Å². The third-order valence-corrected chi connectivity index (χ3v) is 5.99. The summed E-state index contributed by atoms with van der Waals surface area (Å²) in [6.45, 7) is 3.51. The van der Waals surface area contributed by atoms with Gasteiger partial charge >= 0.3 is 5.97 Å². The minimum Gasteiger partial charge on any atom is -0.480 e. The summed E-state index contributed by atoms with van der Waals surface area (Å²) in [5, 5.41) is 17.6. The van der Waals surface area contributed by atoms with Crippen molar-refractivity contribution >= 4 is 36.3 Å². The minimum atomic E-state index is -1.19. The van der Waals surface area contributed by atoms with Gasteiger partial charge in [0.1, 0.15) is 18.1 Å². The van der Waals surface area contributed by atoms with Crippen molar-refractivity contribution in [3.05, 3.63) is 71.8 Å². The van der Waals surface area contributed by atoms with Crippen molar-refractivity contribution in [3.8, 4) is 0 Å². The largest absolute Gasteiger partial charge is 0.480 e. The molecule has 0 aliphatic heterocycles. The van der Waals surface area contributed by atoms with E-state index >= 15 is 0 Å². The number of thiol groups is 1. The number of carboxylic acids is 1. The van der Waals surface area contributed by atoms with E-state index in [-0.39, 0.29) is 24.5 Å². The summed E-state index contributed by atoms with van der Waals surface area (Å²) in [7, 11) is 0. The maximum absolute atomic E-state index is 13.3. The van der Waals surface area contributed by atoms with Crippen LogP contribution in [0, 0.1) is 5.92 Å². The van der Waals surface area contributed by atoms with Gasteiger partial charge in [0.25, 0.3) is 0 Å². The third-order valence-electron chi connectivity index (χ3n) is 5.59. The van der Waals surface area contributed by atoms with Crippen LogP contribution in [0.4, 0.5) is 0 Å². The number of carboxylic acid groups (broad SMARTS) is 1. The molecule has 9 nitrogen and oxygen atoms in total. The molecular formula is C26H34N4O5S. The van der Waals surface area contributed by atoms with Crippen LogP contribution in [0.1, 0.15) is 25.0 Å². The van der Waals surface area contributed by atoms with Crippen LogP contribution < -0.4 is 21.7 Å². The van der Waals surface area contributed by atoms with Crippen LogP contribution in [0.5, 0.6) is 0 Å². The molecule has 10 heteroatoms. The summed E-state index contributed by atoms with van der Waals surface area (Å²) in [6, 6.07) is 13.9. The van der Waals surface area contributed by atoms with Gasteiger partial charge in [-0.3, -0.25) is 14.4 Å². The summed E-state index contributed by atoms with van der Waals surface area (Å²) in [5.74, 6) is -3.13. The molecular weight excluding hydrogens is 480 g/mol. The summed E-state index contributed by atoms with van der Waals surface area (Å²) in [5.41, 5.74) is 7.24. The second-order valence-electron chi connectivity index (χ2n) is 8.86. The number of nitrogens with two attached hydrogens (primary N) is 1. The lowest BCUT2D eigenvalue weighted by Crippen LogP contribution is -2.59.